The predicted octanol–water partition coefficient (Wildman–Crippen LogP) is 0.0151. The molecule has 0 bridgehead atoms. The Balaban J connectivity index is 1.75. The van der Waals surface area contributed by atoms with Gasteiger partial charge in [-0.25, -0.2) is 8.42 Å². The third kappa shape index (κ3) is 6.07. The molecule has 8 nitrogen and oxygen atoms in total. The summed E-state index contributed by atoms with van der Waals surface area (Å²) < 4.78 is 23.7. The van der Waals surface area contributed by atoms with E-state index in [1.54, 1.807) is 27.8 Å². The first-order chi connectivity index (χ1) is 12.6. The van der Waals surface area contributed by atoms with Crippen LogP contribution in [0.5, 0.6) is 0 Å². The fraction of sp³-hybridized carbons (Fsp3) is 0.889. The molecule has 0 aromatic heterocycles. The maximum atomic E-state index is 12.3. The second-order valence-electron chi connectivity index (χ2n) is 8.26. The third-order valence-corrected chi connectivity index (χ3v) is 7.90. The van der Waals surface area contributed by atoms with Crippen molar-refractivity contribution in [2.75, 3.05) is 65.2 Å². The van der Waals surface area contributed by atoms with E-state index in [0.29, 0.717) is 13.1 Å². The van der Waals surface area contributed by atoms with Crippen LogP contribution < -0.4 is 5.32 Å². The fourth-order valence-corrected chi connectivity index (χ4v) is 4.29. The molecule has 0 radical (unpaired) electrons. The van der Waals surface area contributed by atoms with Crippen molar-refractivity contribution in [3.8, 4) is 0 Å². The monoisotopic (exact) mass is 401 g/mol. The minimum Gasteiger partial charge on any atom is -0.355 e. The van der Waals surface area contributed by atoms with Gasteiger partial charge in [-0.1, -0.05) is 0 Å². The lowest BCUT2D eigenvalue weighted by molar-refractivity contribution is -0.131. The Labute approximate surface area is 163 Å². The number of nitrogens with zero attached hydrogens (tertiary/aromatic N) is 4. The topological polar surface area (TPSA) is 85.3 Å². The van der Waals surface area contributed by atoms with Crippen LogP contribution in [0.15, 0.2) is 4.99 Å². The van der Waals surface area contributed by atoms with Crippen LogP contribution in [0.3, 0.4) is 0 Å². The van der Waals surface area contributed by atoms with Crippen LogP contribution in [-0.2, 0) is 14.6 Å². The highest BCUT2D eigenvalue weighted by Crippen LogP contribution is 2.15. The molecule has 1 amide bonds. The van der Waals surface area contributed by atoms with E-state index >= 15 is 0 Å². The Morgan fingerprint density at radius 3 is 2.11 bits per heavy atom. The van der Waals surface area contributed by atoms with Crippen molar-refractivity contribution in [1.82, 2.24) is 20.0 Å². The molecule has 0 spiro atoms. The number of nitrogens with one attached hydrogen (secondary N) is 1. The van der Waals surface area contributed by atoms with Crippen LogP contribution in [0, 0.1) is 0 Å². The van der Waals surface area contributed by atoms with Gasteiger partial charge in [0.25, 0.3) is 0 Å². The largest absolute Gasteiger partial charge is 0.355 e. The molecule has 2 fully saturated rings. The molecule has 2 saturated heterocycles. The molecule has 0 unspecified atom stereocenters. The Hall–Kier alpha value is -1.35. The summed E-state index contributed by atoms with van der Waals surface area (Å²) in [5.41, 5.74) is 0. The Kier molecular flexibility index (Phi) is 7.50. The highest BCUT2D eigenvalue weighted by Gasteiger charge is 2.29. The minimum absolute atomic E-state index is 0.0832. The van der Waals surface area contributed by atoms with Gasteiger partial charge in [0.2, 0.25) is 5.91 Å². The average Bonchev–Trinajstić information content (AvgIpc) is 3.13. The fourth-order valence-electron chi connectivity index (χ4n) is 3.31. The number of aliphatic imine (C=N–C) groups is 1. The van der Waals surface area contributed by atoms with E-state index in [1.165, 1.54) is 0 Å². The number of sulfone groups is 1. The molecule has 0 aliphatic carbocycles. The van der Waals surface area contributed by atoms with Crippen LogP contribution >= 0.6 is 0 Å². The van der Waals surface area contributed by atoms with E-state index in [-0.39, 0.29) is 11.7 Å². The molecule has 0 aromatic carbocycles. The van der Waals surface area contributed by atoms with Gasteiger partial charge in [-0.05, 0) is 33.6 Å². The minimum atomic E-state index is -3.15. The molecular formula is C18H35N5O3S. The molecule has 0 saturated carbocycles. The highest BCUT2D eigenvalue weighted by molar-refractivity contribution is 7.92. The zero-order valence-electron chi connectivity index (χ0n) is 17.2. The molecule has 27 heavy (non-hydrogen) atoms. The summed E-state index contributed by atoms with van der Waals surface area (Å²) in [4.78, 5) is 22.8. The summed E-state index contributed by atoms with van der Waals surface area (Å²) in [7, 11) is -1.44. The van der Waals surface area contributed by atoms with Gasteiger partial charge in [0, 0.05) is 52.9 Å². The summed E-state index contributed by atoms with van der Waals surface area (Å²) in [5, 5.41) is 3.17. The molecule has 2 aliphatic heterocycles. The standard InChI is InChI=1S/C18H35N5O3S/c1-18(2,3)27(25,26)14-7-20-17(19-4)23-12-10-21(11-13-23)15-16(24)22-8-5-6-9-22/h5-15H2,1-4H3,(H,19,20). The van der Waals surface area contributed by atoms with Crippen molar-refractivity contribution < 1.29 is 13.2 Å². The lowest BCUT2D eigenvalue weighted by Crippen LogP contribution is -2.54. The number of guanidine groups is 1. The second kappa shape index (κ2) is 9.23. The first-order valence-corrected chi connectivity index (χ1v) is 11.5. The lowest BCUT2D eigenvalue weighted by atomic mass is 10.3. The van der Waals surface area contributed by atoms with Gasteiger partial charge in [0.1, 0.15) is 0 Å². The summed E-state index contributed by atoms with van der Waals surface area (Å²) in [6, 6.07) is 0. The molecule has 0 atom stereocenters. The molecule has 0 aromatic rings. The van der Waals surface area contributed by atoms with E-state index in [0.717, 1.165) is 58.1 Å². The smallest absolute Gasteiger partial charge is 0.236 e. The first-order valence-electron chi connectivity index (χ1n) is 9.82. The number of likely N-dealkylation sites (tertiary alicyclic amines) is 1. The van der Waals surface area contributed by atoms with Crippen molar-refractivity contribution >= 4 is 21.7 Å². The van der Waals surface area contributed by atoms with Crippen LogP contribution in [0.4, 0.5) is 0 Å². The Morgan fingerprint density at radius 1 is 1.00 bits per heavy atom. The SMILES string of the molecule is CN=C(NCCS(=O)(=O)C(C)(C)C)N1CCN(CC(=O)N2CCCC2)CC1. The van der Waals surface area contributed by atoms with Crippen LogP contribution in [0.25, 0.3) is 0 Å². The molecule has 1 N–H and O–H groups in total. The highest BCUT2D eigenvalue weighted by atomic mass is 32.2. The Bertz CT molecular complexity index is 628. The number of carbonyl (C=O) groups is 1. The zero-order valence-corrected chi connectivity index (χ0v) is 18.0. The quantitative estimate of drug-likeness (QED) is 0.516. The van der Waals surface area contributed by atoms with Gasteiger partial charge in [0.15, 0.2) is 15.8 Å². The van der Waals surface area contributed by atoms with Gasteiger partial charge in [-0.3, -0.25) is 14.7 Å². The molecule has 2 aliphatic rings. The van der Waals surface area contributed by atoms with Crippen molar-refractivity contribution in [2.45, 2.75) is 38.4 Å². The predicted molar refractivity (Wildman–Crippen MR) is 109 cm³/mol. The van der Waals surface area contributed by atoms with E-state index in [1.807, 2.05) is 4.90 Å². The van der Waals surface area contributed by atoms with Gasteiger partial charge in [0.05, 0.1) is 17.0 Å². The summed E-state index contributed by atoms with van der Waals surface area (Å²) in [6.45, 7) is 11.0. The van der Waals surface area contributed by atoms with Gasteiger partial charge >= 0.3 is 0 Å². The van der Waals surface area contributed by atoms with Crippen molar-refractivity contribution in [1.29, 1.82) is 0 Å². The molecule has 2 heterocycles. The first kappa shape index (κ1) is 21.9. The van der Waals surface area contributed by atoms with Crippen LogP contribution in [0.2, 0.25) is 0 Å². The van der Waals surface area contributed by atoms with Gasteiger partial charge < -0.3 is 15.1 Å². The Morgan fingerprint density at radius 2 is 1.59 bits per heavy atom. The van der Waals surface area contributed by atoms with Crippen LogP contribution in [-0.4, -0.2) is 105 Å². The number of rotatable bonds is 5. The van der Waals surface area contributed by atoms with Crippen molar-refractivity contribution in [2.24, 2.45) is 4.99 Å². The third-order valence-electron chi connectivity index (χ3n) is 5.29. The average molecular weight is 402 g/mol. The second-order valence-corrected chi connectivity index (χ2v) is 11.1. The van der Waals surface area contributed by atoms with E-state index in [9.17, 15) is 13.2 Å². The molecule has 156 valence electrons. The lowest BCUT2D eigenvalue weighted by Gasteiger charge is -2.36. The summed E-state index contributed by atoms with van der Waals surface area (Å²) in [5.74, 6) is 1.04. The molecule has 2 rings (SSSR count). The number of hydrogen-bond acceptors (Lipinski definition) is 5. The number of hydrogen-bond donors (Lipinski definition) is 1. The van der Waals surface area contributed by atoms with Crippen LogP contribution in [0.1, 0.15) is 33.6 Å². The van der Waals surface area contributed by atoms with Gasteiger partial charge in [-0.15, -0.1) is 0 Å². The number of amides is 1. The maximum Gasteiger partial charge on any atom is 0.236 e. The molecular weight excluding hydrogens is 366 g/mol. The number of piperazine rings is 1. The van der Waals surface area contributed by atoms with Gasteiger partial charge in [-0.2, -0.15) is 0 Å². The van der Waals surface area contributed by atoms with Crippen molar-refractivity contribution in [3.05, 3.63) is 0 Å². The summed E-state index contributed by atoms with van der Waals surface area (Å²) >= 11 is 0. The van der Waals surface area contributed by atoms with Crippen molar-refractivity contribution in [3.63, 3.8) is 0 Å². The van der Waals surface area contributed by atoms with E-state index < -0.39 is 14.6 Å². The van der Waals surface area contributed by atoms with E-state index in [4.69, 9.17) is 0 Å². The molecule has 9 heteroatoms. The summed E-state index contributed by atoms with van der Waals surface area (Å²) in [6.07, 6.45) is 2.24. The number of carbonyl (C=O) groups excluding carboxylic acids is 1. The maximum absolute atomic E-state index is 12.3. The normalized spacial score (nSPS) is 20.2. The zero-order chi connectivity index (χ0) is 20.1. The van der Waals surface area contributed by atoms with E-state index in [2.05, 4.69) is 20.1 Å².